The van der Waals surface area contributed by atoms with Gasteiger partial charge in [0.1, 0.15) is 5.75 Å². The van der Waals surface area contributed by atoms with E-state index in [9.17, 15) is 0 Å². The molecule has 1 aliphatic rings. The van der Waals surface area contributed by atoms with E-state index in [2.05, 4.69) is 0 Å². The summed E-state index contributed by atoms with van der Waals surface area (Å²) < 4.78 is 16.6. The molecule has 4 heteroatoms. The average molecular weight is 265 g/mol. The molecule has 2 N–H and O–H groups in total. The third kappa shape index (κ3) is 4.20. The Hall–Kier alpha value is -1.10. The van der Waals surface area contributed by atoms with Crippen LogP contribution < -0.4 is 10.5 Å². The van der Waals surface area contributed by atoms with E-state index in [1.807, 2.05) is 24.3 Å². The fraction of sp³-hybridized carbons (Fsp3) is 0.600. The maximum absolute atomic E-state index is 5.98. The van der Waals surface area contributed by atoms with Gasteiger partial charge in [0.05, 0.1) is 19.8 Å². The summed E-state index contributed by atoms with van der Waals surface area (Å²) in [4.78, 5) is 0. The molecule has 1 fully saturated rings. The first-order chi connectivity index (χ1) is 9.33. The first kappa shape index (κ1) is 14.3. The van der Waals surface area contributed by atoms with Crippen molar-refractivity contribution >= 4 is 0 Å². The highest BCUT2D eigenvalue weighted by Gasteiger charge is 2.17. The van der Waals surface area contributed by atoms with Crippen molar-refractivity contribution in [3.05, 3.63) is 29.8 Å². The SMILES string of the molecule is COc1cccc(C(CN)OCC2CCOCC2)c1. The van der Waals surface area contributed by atoms with Crippen molar-refractivity contribution in [3.63, 3.8) is 0 Å². The van der Waals surface area contributed by atoms with Crippen molar-refractivity contribution in [2.45, 2.75) is 18.9 Å². The summed E-state index contributed by atoms with van der Waals surface area (Å²) >= 11 is 0. The molecule has 0 aromatic heterocycles. The van der Waals surface area contributed by atoms with Gasteiger partial charge in [-0.05, 0) is 36.5 Å². The molecule has 0 bridgehead atoms. The van der Waals surface area contributed by atoms with E-state index < -0.39 is 0 Å². The molecule has 1 atom stereocenters. The number of methoxy groups -OCH3 is 1. The number of ether oxygens (including phenoxy) is 3. The molecule has 1 aromatic rings. The van der Waals surface area contributed by atoms with Gasteiger partial charge in [-0.25, -0.2) is 0 Å². The van der Waals surface area contributed by atoms with Gasteiger partial charge in [-0.1, -0.05) is 12.1 Å². The molecule has 4 nitrogen and oxygen atoms in total. The predicted octanol–water partition coefficient (Wildman–Crippen LogP) is 2.14. The van der Waals surface area contributed by atoms with Crippen LogP contribution in [0.15, 0.2) is 24.3 Å². The zero-order chi connectivity index (χ0) is 13.5. The molecule has 0 spiro atoms. The van der Waals surface area contributed by atoms with Gasteiger partial charge < -0.3 is 19.9 Å². The summed E-state index contributed by atoms with van der Waals surface area (Å²) in [5, 5.41) is 0. The molecule has 106 valence electrons. The monoisotopic (exact) mass is 265 g/mol. The molecule has 1 heterocycles. The van der Waals surface area contributed by atoms with Crippen LogP contribution in [-0.4, -0.2) is 33.5 Å². The van der Waals surface area contributed by atoms with Crippen LogP contribution in [-0.2, 0) is 9.47 Å². The molecule has 19 heavy (non-hydrogen) atoms. The zero-order valence-corrected chi connectivity index (χ0v) is 11.5. The van der Waals surface area contributed by atoms with Crippen LogP contribution in [0, 0.1) is 5.92 Å². The van der Waals surface area contributed by atoms with Crippen LogP contribution in [0.5, 0.6) is 5.75 Å². The molecule has 0 radical (unpaired) electrons. The quantitative estimate of drug-likeness (QED) is 0.856. The van der Waals surface area contributed by atoms with Crippen LogP contribution in [0.4, 0.5) is 0 Å². The van der Waals surface area contributed by atoms with Crippen molar-refractivity contribution in [3.8, 4) is 5.75 Å². The van der Waals surface area contributed by atoms with Crippen molar-refractivity contribution < 1.29 is 14.2 Å². The second-order valence-corrected chi connectivity index (χ2v) is 4.89. The topological polar surface area (TPSA) is 53.7 Å². The highest BCUT2D eigenvalue weighted by Crippen LogP contribution is 2.23. The molecule has 0 amide bonds. The Balaban J connectivity index is 1.91. The van der Waals surface area contributed by atoms with Crippen LogP contribution in [0.3, 0.4) is 0 Å². The molecule has 1 aromatic carbocycles. The number of benzene rings is 1. The lowest BCUT2D eigenvalue weighted by Crippen LogP contribution is -2.24. The maximum atomic E-state index is 5.98. The van der Waals surface area contributed by atoms with E-state index >= 15 is 0 Å². The summed E-state index contributed by atoms with van der Waals surface area (Å²) in [5.41, 5.74) is 6.90. The molecule has 1 aliphatic heterocycles. The smallest absolute Gasteiger partial charge is 0.119 e. The maximum Gasteiger partial charge on any atom is 0.119 e. The van der Waals surface area contributed by atoms with Crippen LogP contribution >= 0.6 is 0 Å². The van der Waals surface area contributed by atoms with Gasteiger partial charge in [0.2, 0.25) is 0 Å². The minimum absolute atomic E-state index is 0.0575. The molecule has 0 aliphatic carbocycles. The van der Waals surface area contributed by atoms with Gasteiger partial charge in [0.15, 0.2) is 0 Å². The summed E-state index contributed by atoms with van der Waals surface area (Å²) in [6.45, 7) is 2.93. The Labute approximate surface area is 114 Å². The van der Waals surface area contributed by atoms with Gasteiger partial charge in [-0.3, -0.25) is 0 Å². The highest BCUT2D eigenvalue weighted by molar-refractivity contribution is 5.30. The summed E-state index contributed by atoms with van der Waals surface area (Å²) in [5.74, 6) is 1.43. The van der Waals surface area contributed by atoms with Crippen molar-refractivity contribution in [2.75, 3.05) is 33.5 Å². The van der Waals surface area contributed by atoms with Gasteiger partial charge >= 0.3 is 0 Å². The van der Waals surface area contributed by atoms with Crippen LogP contribution in [0.25, 0.3) is 0 Å². The minimum Gasteiger partial charge on any atom is -0.497 e. The predicted molar refractivity (Wildman–Crippen MR) is 74.3 cm³/mol. The van der Waals surface area contributed by atoms with E-state index in [1.165, 1.54) is 0 Å². The number of hydrogen-bond donors (Lipinski definition) is 1. The second-order valence-electron chi connectivity index (χ2n) is 4.89. The number of hydrogen-bond acceptors (Lipinski definition) is 4. The van der Waals surface area contributed by atoms with E-state index in [4.69, 9.17) is 19.9 Å². The first-order valence-corrected chi connectivity index (χ1v) is 6.87. The lowest BCUT2D eigenvalue weighted by atomic mass is 10.0. The molecule has 0 saturated carbocycles. The molecule has 1 unspecified atom stereocenters. The molecule has 1 saturated heterocycles. The fourth-order valence-electron chi connectivity index (χ4n) is 2.31. The second kappa shape index (κ2) is 7.48. The van der Waals surface area contributed by atoms with E-state index in [1.54, 1.807) is 7.11 Å². The largest absolute Gasteiger partial charge is 0.497 e. The normalized spacial score (nSPS) is 18.2. The lowest BCUT2D eigenvalue weighted by Gasteiger charge is -2.25. The minimum atomic E-state index is -0.0575. The molecule has 2 rings (SSSR count). The molecular weight excluding hydrogens is 242 g/mol. The van der Waals surface area contributed by atoms with E-state index in [0.29, 0.717) is 12.5 Å². The number of rotatable bonds is 6. The zero-order valence-electron chi connectivity index (χ0n) is 11.5. The van der Waals surface area contributed by atoms with E-state index in [-0.39, 0.29) is 6.10 Å². The lowest BCUT2D eigenvalue weighted by molar-refractivity contribution is -0.00877. The number of nitrogens with two attached hydrogens (primary N) is 1. The first-order valence-electron chi connectivity index (χ1n) is 6.87. The summed E-state index contributed by atoms with van der Waals surface area (Å²) in [6.07, 6.45) is 2.10. The Morgan fingerprint density at radius 1 is 1.37 bits per heavy atom. The van der Waals surface area contributed by atoms with Gasteiger partial charge in [0, 0.05) is 19.8 Å². The summed E-state index contributed by atoms with van der Waals surface area (Å²) in [6, 6.07) is 7.91. The Kier molecular flexibility index (Phi) is 5.63. The van der Waals surface area contributed by atoms with Gasteiger partial charge in [-0.2, -0.15) is 0 Å². The van der Waals surface area contributed by atoms with E-state index in [0.717, 1.165) is 44.0 Å². The summed E-state index contributed by atoms with van der Waals surface area (Å²) in [7, 11) is 1.67. The Morgan fingerprint density at radius 2 is 2.16 bits per heavy atom. The molecular formula is C15H23NO3. The van der Waals surface area contributed by atoms with Crippen molar-refractivity contribution in [2.24, 2.45) is 11.7 Å². The fourth-order valence-corrected chi connectivity index (χ4v) is 2.31. The van der Waals surface area contributed by atoms with Gasteiger partial charge in [-0.15, -0.1) is 0 Å². The van der Waals surface area contributed by atoms with Crippen molar-refractivity contribution in [1.82, 2.24) is 0 Å². The van der Waals surface area contributed by atoms with Crippen LogP contribution in [0.2, 0.25) is 0 Å². The third-order valence-corrected chi connectivity index (χ3v) is 3.55. The van der Waals surface area contributed by atoms with Crippen molar-refractivity contribution in [1.29, 1.82) is 0 Å². The third-order valence-electron chi connectivity index (χ3n) is 3.55. The highest BCUT2D eigenvalue weighted by atomic mass is 16.5. The standard InChI is InChI=1S/C15H23NO3/c1-17-14-4-2-3-13(9-14)15(10-16)19-11-12-5-7-18-8-6-12/h2-4,9,12,15H,5-8,10-11,16H2,1H3. The Morgan fingerprint density at radius 3 is 2.84 bits per heavy atom. The average Bonchev–Trinajstić information content (AvgIpc) is 2.49. The van der Waals surface area contributed by atoms with Crippen LogP contribution in [0.1, 0.15) is 24.5 Å². The van der Waals surface area contributed by atoms with Gasteiger partial charge in [0.25, 0.3) is 0 Å². The Bertz CT molecular complexity index is 377.